The zero-order valence-electron chi connectivity index (χ0n) is 18.9. The summed E-state index contributed by atoms with van der Waals surface area (Å²) >= 11 is 0. The van der Waals surface area contributed by atoms with Crippen molar-refractivity contribution >= 4 is 16.1 Å². The highest BCUT2D eigenvalue weighted by Gasteiger charge is 2.60. The minimum atomic E-state index is -4.56. The Morgan fingerprint density at radius 2 is 1.29 bits per heavy atom. The van der Waals surface area contributed by atoms with Gasteiger partial charge in [-0.1, -0.05) is 85.0 Å². The van der Waals surface area contributed by atoms with Gasteiger partial charge in [0.05, 0.1) is 21.1 Å². The Labute approximate surface area is 173 Å². The summed E-state index contributed by atoms with van der Waals surface area (Å²) in [7, 11) is 0.439. The normalized spacial score (nSPS) is 16.1. The van der Waals surface area contributed by atoms with Crippen molar-refractivity contribution in [3.8, 4) is 0 Å². The molecule has 2 N–H and O–H groups in total. The van der Waals surface area contributed by atoms with Crippen molar-refractivity contribution in [1.29, 1.82) is 0 Å². The Bertz CT molecular complexity index is 554. The number of hydrogen-bond donors (Lipinski definition) is 2. The quantitative estimate of drug-likeness (QED) is 0.213. The topological polar surface area (TPSA) is 91.7 Å². The molecule has 0 fully saturated rings. The number of carbonyl (C=O) groups is 1. The molecule has 7 heteroatoms. The minimum Gasteiger partial charge on any atom is -0.477 e. The molecule has 0 aliphatic carbocycles. The highest BCUT2D eigenvalue weighted by molar-refractivity contribution is 7.87. The first-order valence-electron chi connectivity index (χ1n) is 10.8. The molecule has 0 spiro atoms. The number of likely N-dealkylation sites (N-methyl/N-ethyl adjacent to an activating group) is 1. The second-order valence-corrected chi connectivity index (χ2v) is 11.1. The molecular weight excluding hydrogens is 378 g/mol. The van der Waals surface area contributed by atoms with Gasteiger partial charge < -0.3 is 9.59 Å². The molecule has 0 saturated heterocycles. The largest absolute Gasteiger partial charge is 0.477 e. The molecule has 0 aromatic heterocycles. The summed E-state index contributed by atoms with van der Waals surface area (Å²) in [6, 6.07) is -1.24. The van der Waals surface area contributed by atoms with E-state index in [2.05, 4.69) is 6.92 Å². The molecular formula is C21H44NO5S+. The Morgan fingerprint density at radius 3 is 1.57 bits per heavy atom. The Kier molecular flexibility index (Phi) is 11.8. The molecule has 6 nitrogen and oxygen atoms in total. The number of carboxylic acids is 1. The number of unbranched alkanes of at least 4 members (excludes halogenated alkanes) is 9. The SMILES string of the molecule is CCCCCCCCCCCCC(C(C)C)(C(C(=O)O)[N+](C)(C)C)S(=O)(=O)O. The molecule has 168 valence electrons. The first kappa shape index (κ1) is 27.3. The molecule has 0 bridgehead atoms. The fourth-order valence-corrected chi connectivity index (χ4v) is 6.09. The molecule has 0 radical (unpaired) electrons. The van der Waals surface area contributed by atoms with Crippen LogP contribution in [0.25, 0.3) is 0 Å². The molecule has 28 heavy (non-hydrogen) atoms. The highest BCUT2D eigenvalue weighted by Crippen LogP contribution is 2.39. The van der Waals surface area contributed by atoms with Crippen molar-refractivity contribution < 1.29 is 27.4 Å². The maximum absolute atomic E-state index is 12.5. The smallest absolute Gasteiger partial charge is 0.364 e. The van der Waals surface area contributed by atoms with Gasteiger partial charge in [0.25, 0.3) is 10.1 Å². The molecule has 0 aliphatic heterocycles. The van der Waals surface area contributed by atoms with Gasteiger partial charge in [0.2, 0.25) is 6.04 Å². The number of carboxylic acid groups (broad SMARTS) is 1. The second-order valence-electron chi connectivity index (χ2n) is 9.37. The molecule has 0 aromatic carbocycles. The van der Waals surface area contributed by atoms with Gasteiger partial charge in [-0.25, -0.2) is 4.79 Å². The van der Waals surface area contributed by atoms with Crippen LogP contribution in [0.1, 0.15) is 91.4 Å². The fourth-order valence-electron chi connectivity index (χ4n) is 4.39. The Morgan fingerprint density at radius 1 is 0.893 bits per heavy atom. The molecule has 2 atom stereocenters. The predicted molar refractivity (Wildman–Crippen MR) is 115 cm³/mol. The van der Waals surface area contributed by atoms with E-state index in [0.29, 0.717) is 6.42 Å². The number of aliphatic carboxylic acids is 1. The maximum Gasteiger partial charge on any atom is 0.364 e. The number of quaternary nitrogens is 1. The molecule has 0 rings (SSSR count). The lowest BCUT2D eigenvalue weighted by atomic mass is 9.81. The van der Waals surface area contributed by atoms with Crippen LogP contribution < -0.4 is 0 Å². The first-order chi connectivity index (χ1) is 12.8. The van der Waals surface area contributed by atoms with Crippen LogP contribution in [0.2, 0.25) is 0 Å². The summed E-state index contributed by atoms with van der Waals surface area (Å²) in [6.07, 6.45) is 11.3. The van der Waals surface area contributed by atoms with Crippen molar-refractivity contribution in [2.24, 2.45) is 5.92 Å². The van der Waals surface area contributed by atoms with Gasteiger partial charge in [0.15, 0.2) is 4.75 Å². The summed E-state index contributed by atoms with van der Waals surface area (Å²) in [6.45, 7) is 5.59. The van der Waals surface area contributed by atoms with E-state index in [4.69, 9.17) is 0 Å². The van der Waals surface area contributed by atoms with E-state index in [9.17, 15) is 22.9 Å². The summed E-state index contributed by atoms with van der Waals surface area (Å²) in [5.41, 5.74) is 0. The van der Waals surface area contributed by atoms with Gasteiger partial charge in [-0.05, 0) is 12.3 Å². The molecule has 0 aliphatic rings. The van der Waals surface area contributed by atoms with E-state index in [1.807, 2.05) is 0 Å². The van der Waals surface area contributed by atoms with Crippen molar-refractivity contribution in [3.63, 3.8) is 0 Å². The molecule has 0 saturated carbocycles. The lowest BCUT2D eigenvalue weighted by Crippen LogP contribution is -2.67. The monoisotopic (exact) mass is 422 g/mol. The van der Waals surface area contributed by atoms with Crippen LogP contribution in [0.5, 0.6) is 0 Å². The highest BCUT2D eigenvalue weighted by atomic mass is 32.2. The van der Waals surface area contributed by atoms with Crippen molar-refractivity contribution in [1.82, 2.24) is 0 Å². The molecule has 0 amide bonds. The zero-order valence-corrected chi connectivity index (χ0v) is 19.7. The zero-order chi connectivity index (χ0) is 22.0. The average Bonchev–Trinajstić information content (AvgIpc) is 2.52. The van der Waals surface area contributed by atoms with Crippen LogP contribution in [0.3, 0.4) is 0 Å². The van der Waals surface area contributed by atoms with Crippen LogP contribution in [0.4, 0.5) is 0 Å². The van der Waals surface area contributed by atoms with Crippen LogP contribution in [0.15, 0.2) is 0 Å². The third-order valence-corrected chi connectivity index (χ3v) is 7.71. The lowest BCUT2D eigenvalue weighted by Gasteiger charge is -2.45. The summed E-state index contributed by atoms with van der Waals surface area (Å²) in [5.74, 6) is -1.70. The van der Waals surface area contributed by atoms with Gasteiger partial charge in [-0.3, -0.25) is 4.55 Å². The van der Waals surface area contributed by atoms with Gasteiger partial charge in [0.1, 0.15) is 0 Å². The van der Waals surface area contributed by atoms with E-state index in [0.717, 1.165) is 19.3 Å². The van der Waals surface area contributed by atoms with Crippen LogP contribution in [-0.2, 0) is 14.9 Å². The fraction of sp³-hybridized carbons (Fsp3) is 0.952. The van der Waals surface area contributed by atoms with Gasteiger partial charge in [-0.2, -0.15) is 8.42 Å². The average molecular weight is 423 g/mol. The van der Waals surface area contributed by atoms with Gasteiger partial charge in [-0.15, -0.1) is 0 Å². The standard InChI is InChI=1S/C21H43NO5S/c1-7-8-9-10-11-12-13-14-15-16-17-21(18(2)3,28(25,26)27)19(20(23)24)22(4,5)6/h18-19H,7-17H2,1-6H3,(H-,23,24,25,26,27)/p+1. The first-order valence-corrected chi connectivity index (χ1v) is 12.3. The van der Waals surface area contributed by atoms with E-state index >= 15 is 0 Å². The summed E-state index contributed by atoms with van der Waals surface area (Å²) in [4.78, 5) is 12.0. The van der Waals surface area contributed by atoms with Crippen molar-refractivity contribution in [2.75, 3.05) is 21.1 Å². The number of rotatable bonds is 16. The van der Waals surface area contributed by atoms with Crippen LogP contribution in [-0.4, -0.2) is 60.5 Å². The second kappa shape index (κ2) is 12.1. The summed E-state index contributed by atoms with van der Waals surface area (Å²) in [5, 5.41) is 9.83. The third-order valence-electron chi connectivity index (χ3n) is 5.85. The molecule has 2 unspecified atom stereocenters. The van der Waals surface area contributed by atoms with Crippen LogP contribution >= 0.6 is 0 Å². The number of hydrogen-bond acceptors (Lipinski definition) is 3. The van der Waals surface area contributed by atoms with E-state index < -0.39 is 32.8 Å². The molecule has 0 aromatic rings. The molecule has 0 heterocycles. The van der Waals surface area contributed by atoms with E-state index in [-0.39, 0.29) is 10.9 Å². The Balaban J connectivity index is 4.99. The lowest BCUT2D eigenvalue weighted by molar-refractivity contribution is -0.890. The van der Waals surface area contributed by atoms with Gasteiger partial charge >= 0.3 is 5.97 Å². The van der Waals surface area contributed by atoms with Crippen molar-refractivity contribution in [2.45, 2.75) is 102 Å². The predicted octanol–water partition coefficient (Wildman–Crippen LogP) is 4.74. The van der Waals surface area contributed by atoms with Gasteiger partial charge in [0, 0.05) is 0 Å². The van der Waals surface area contributed by atoms with E-state index in [1.54, 1.807) is 35.0 Å². The number of nitrogens with zero attached hydrogens (tertiary/aromatic N) is 1. The van der Waals surface area contributed by atoms with E-state index in [1.165, 1.54) is 38.5 Å². The maximum atomic E-state index is 12.5. The summed E-state index contributed by atoms with van der Waals surface area (Å²) < 4.78 is 33.3. The third kappa shape index (κ3) is 7.99. The Hall–Kier alpha value is -0.660. The minimum absolute atomic E-state index is 0.0644. The van der Waals surface area contributed by atoms with Crippen LogP contribution in [0, 0.1) is 5.92 Å². The van der Waals surface area contributed by atoms with Crippen molar-refractivity contribution in [3.05, 3.63) is 0 Å².